The van der Waals surface area contributed by atoms with Gasteiger partial charge in [-0.3, -0.25) is 1.33 Å². The highest BCUT2D eigenvalue weighted by molar-refractivity contribution is 14.2. The molecule has 0 spiro atoms. The van der Waals surface area contributed by atoms with Crippen molar-refractivity contribution in [2.75, 3.05) is 6.23 Å². The number of hydrogen-bond donors (Lipinski definition) is 0. The first-order chi connectivity index (χ1) is 15.7. The fourth-order valence-electron chi connectivity index (χ4n) is 4.91. The highest BCUT2D eigenvalue weighted by Gasteiger charge is 2.25. The molecule has 4 aromatic rings. The second kappa shape index (κ2) is 8.23. The molecule has 0 bridgehead atoms. The van der Waals surface area contributed by atoms with Crippen LogP contribution in [0.3, 0.4) is 0 Å². The maximum absolute atomic E-state index is 2.38. The standard InChI is InChI=1S/C28H20I2N2/c29-32(30)27-17-16-24-22-15-14-21(18-26(22)23-12-7-13-25(27)28(23)24)31(19-8-3-1-4-9-19)20-10-5-2-6-11-20/h1,3-5,7-18H,2,6H2. The van der Waals surface area contributed by atoms with Gasteiger partial charge in [0.25, 0.3) is 0 Å². The van der Waals surface area contributed by atoms with Gasteiger partial charge in [-0.25, -0.2) is 0 Å². The van der Waals surface area contributed by atoms with Crippen LogP contribution in [0.4, 0.5) is 17.1 Å². The monoisotopic (exact) mass is 638 g/mol. The first kappa shape index (κ1) is 20.3. The summed E-state index contributed by atoms with van der Waals surface area (Å²) in [5.74, 6) is 0. The van der Waals surface area contributed by atoms with E-state index in [1.54, 1.807) is 0 Å². The number of para-hydroxylation sites is 1. The summed E-state index contributed by atoms with van der Waals surface area (Å²) in [4.78, 5) is 2.38. The van der Waals surface area contributed by atoms with Gasteiger partial charge in [-0.05, 0) is 76.9 Å². The molecule has 0 unspecified atom stereocenters. The van der Waals surface area contributed by atoms with Gasteiger partial charge in [0, 0.05) is 22.5 Å². The van der Waals surface area contributed by atoms with Crippen LogP contribution in [0, 0.1) is 0 Å². The average molecular weight is 638 g/mol. The molecule has 6 rings (SSSR count). The van der Waals surface area contributed by atoms with E-state index in [-0.39, 0.29) is 0 Å². The molecule has 0 amide bonds. The topological polar surface area (TPSA) is 6.48 Å². The lowest BCUT2D eigenvalue weighted by Gasteiger charge is -2.28. The summed E-state index contributed by atoms with van der Waals surface area (Å²) in [6, 6.07) is 28.8. The van der Waals surface area contributed by atoms with E-state index in [0.717, 1.165) is 12.8 Å². The van der Waals surface area contributed by atoms with Gasteiger partial charge in [-0.1, -0.05) is 60.7 Å². The molecule has 2 aliphatic carbocycles. The number of allylic oxidation sites excluding steroid dienone is 3. The van der Waals surface area contributed by atoms with Crippen molar-refractivity contribution in [3.8, 4) is 22.3 Å². The Hall–Kier alpha value is -2.32. The third-order valence-electron chi connectivity index (χ3n) is 6.29. The van der Waals surface area contributed by atoms with E-state index in [1.165, 1.54) is 55.8 Å². The SMILES string of the molecule is IN(I)c1ccc2c3c(cccc13)-c1cc(N(C3=CCCC=C3)c3ccccc3)ccc1-2. The fourth-order valence-corrected chi connectivity index (χ4v) is 5.75. The molecule has 0 atom stereocenters. The molecule has 0 fully saturated rings. The van der Waals surface area contributed by atoms with Crippen molar-refractivity contribution in [1.82, 2.24) is 0 Å². The Labute approximate surface area is 216 Å². The normalized spacial score (nSPS) is 13.8. The van der Waals surface area contributed by atoms with Crippen molar-refractivity contribution in [1.29, 1.82) is 0 Å². The summed E-state index contributed by atoms with van der Waals surface area (Å²) in [5, 5.41) is 2.66. The lowest BCUT2D eigenvalue weighted by Crippen LogP contribution is -2.16. The Balaban J connectivity index is 1.55. The predicted octanol–water partition coefficient (Wildman–Crippen LogP) is 9.37. The molecule has 32 heavy (non-hydrogen) atoms. The molecule has 0 aromatic heterocycles. The maximum Gasteiger partial charge on any atom is 0.0697 e. The Bertz CT molecular complexity index is 1400. The number of nitrogens with zero attached hydrogens (tertiary/aromatic N) is 2. The molecule has 0 aliphatic heterocycles. The lowest BCUT2D eigenvalue weighted by molar-refractivity contribution is 0.997. The molecule has 0 radical (unpaired) electrons. The van der Waals surface area contributed by atoms with Gasteiger partial charge in [0.2, 0.25) is 0 Å². The van der Waals surface area contributed by atoms with Gasteiger partial charge in [0.1, 0.15) is 0 Å². The minimum absolute atomic E-state index is 1.08. The van der Waals surface area contributed by atoms with E-state index < -0.39 is 0 Å². The molecular weight excluding hydrogens is 618 g/mol. The summed E-state index contributed by atoms with van der Waals surface area (Å²) in [6.07, 6.45) is 9.06. The number of benzene rings is 4. The molecular formula is C28H20I2N2. The van der Waals surface area contributed by atoms with Crippen molar-refractivity contribution < 1.29 is 0 Å². The number of hydrogen-bond acceptors (Lipinski definition) is 2. The number of fused-ring (bicyclic) bond motifs is 3. The molecule has 0 saturated heterocycles. The van der Waals surface area contributed by atoms with Crippen molar-refractivity contribution in [2.45, 2.75) is 12.8 Å². The molecule has 4 aromatic carbocycles. The molecule has 2 nitrogen and oxygen atoms in total. The highest BCUT2D eigenvalue weighted by atomic mass is 127. The van der Waals surface area contributed by atoms with Crippen molar-refractivity contribution in [3.05, 3.63) is 103 Å². The minimum atomic E-state index is 1.08. The molecule has 2 aliphatic rings. The Kier molecular flexibility index (Phi) is 5.22. The lowest BCUT2D eigenvalue weighted by atomic mass is 10.0. The van der Waals surface area contributed by atoms with Crippen LogP contribution in [-0.4, -0.2) is 0 Å². The van der Waals surface area contributed by atoms with E-state index in [2.05, 4.69) is 149 Å². The summed E-state index contributed by atoms with van der Waals surface area (Å²) in [7, 11) is 0. The Morgan fingerprint density at radius 2 is 1.47 bits per heavy atom. The van der Waals surface area contributed by atoms with Crippen molar-refractivity contribution in [3.63, 3.8) is 0 Å². The molecule has 0 heterocycles. The fraction of sp³-hybridized carbons (Fsp3) is 0.0714. The van der Waals surface area contributed by atoms with Crippen LogP contribution in [0.25, 0.3) is 33.0 Å². The van der Waals surface area contributed by atoms with E-state index in [9.17, 15) is 0 Å². The third kappa shape index (κ3) is 3.27. The van der Waals surface area contributed by atoms with Crippen LogP contribution in [0.2, 0.25) is 0 Å². The second-order valence-corrected chi connectivity index (χ2v) is 11.9. The highest BCUT2D eigenvalue weighted by Crippen LogP contribution is 2.51. The van der Waals surface area contributed by atoms with Gasteiger partial charge in [0.05, 0.1) is 51.4 Å². The molecule has 0 saturated carbocycles. The van der Waals surface area contributed by atoms with Crippen LogP contribution >= 0.6 is 45.7 Å². The summed E-state index contributed by atoms with van der Waals surface area (Å²) in [6.45, 7) is 0. The summed E-state index contributed by atoms with van der Waals surface area (Å²) < 4.78 is 2.14. The van der Waals surface area contributed by atoms with E-state index in [4.69, 9.17) is 0 Å². The zero-order valence-electron chi connectivity index (χ0n) is 17.3. The zero-order valence-corrected chi connectivity index (χ0v) is 21.6. The van der Waals surface area contributed by atoms with Crippen LogP contribution in [0.5, 0.6) is 0 Å². The van der Waals surface area contributed by atoms with E-state index >= 15 is 0 Å². The predicted molar refractivity (Wildman–Crippen MR) is 154 cm³/mol. The molecule has 4 heteroatoms. The van der Waals surface area contributed by atoms with Gasteiger partial charge < -0.3 is 4.90 Å². The van der Waals surface area contributed by atoms with E-state index in [0.29, 0.717) is 0 Å². The van der Waals surface area contributed by atoms with Crippen LogP contribution < -0.4 is 6.23 Å². The van der Waals surface area contributed by atoms with Gasteiger partial charge >= 0.3 is 0 Å². The smallest absolute Gasteiger partial charge is 0.0697 e. The quantitative estimate of drug-likeness (QED) is 0.143. The van der Waals surface area contributed by atoms with Gasteiger partial charge in [-0.15, -0.1) is 0 Å². The van der Waals surface area contributed by atoms with Crippen LogP contribution in [-0.2, 0) is 0 Å². The number of halogens is 2. The zero-order chi connectivity index (χ0) is 21.7. The first-order valence-electron chi connectivity index (χ1n) is 10.8. The van der Waals surface area contributed by atoms with Crippen molar-refractivity contribution in [2.24, 2.45) is 0 Å². The number of anilines is 3. The second-order valence-electron chi connectivity index (χ2n) is 8.10. The maximum atomic E-state index is 2.38. The van der Waals surface area contributed by atoms with Crippen molar-refractivity contribution >= 4 is 73.6 Å². The first-order valence-corrected chi connectivity index (χ1v) is 12.7. The molecule has 156 valence electrons. The molecule has 0 N–H and O–H groups in total. The van der Waals surface area contributed by atoms with Gasteiger partial charge in [-0.2, -0.15) is 0 Å². The minimum Gasteiger partial charge on any atom is -0.311 e. The Morgan fingerprint density at radius 3 is 2.25 bits per heavy atom. The van der Waals surface area contributed by atoms with Crippen LogP contribution in [0.1, 0.15) is 12.8 Å². The Morgan fingerprint density at radius 1 is 0.656 bits per heavy atom. The number of rotatable bonds is 4. The largest absolute Gasteiger partial charge is 0.311 e. The average Bonchev–Trinajstić information content (AvgIpc) is 3.16. The van der Waals surface area contributed by atoms with Crippen LogP contribution in [0.15, 0.2) is 103 Å². The summed E-state index contributed by atoms with van der Waals surface area (Å²) >= 11 is 4.69. The van der Waals surface area contributed by atoms with E-state index in [1.807, 2.05) is 0 Å². The van der Waals surface area contributed by atoms with Gasteiger partial charge in [0.15, 0.2) is 0 Å². The third-order valence-corrected chi connectivity index (χ3v) is 7.33. The summed E-state index contributed by atoms with van der Waals surface area (Å²) in [5.41, 5.74) is 10.2.